The van der Waals surface area contributed by atoms with E-state index >= 15 is 0 Å². The molecule has 3 aromatic carbocycles. The van der Waals surface area contributed by atoms with Gasteiger partial charge in [-0.2, -0.15) is 0 Å². The maximum Gasteiger partial charge on any atom is 0.349 e. The molecule has 0 saturated heterocycles. The molecule has 0 saturated carbocycles. The molecule has 4 aromatic rings. The van der Waals surface area contributed by atoms with E-state index in [0.29, 0.717) is 11.0 Å². The van der Waals surface area contributed by atoms with Crippen LogP contribution < -0.4 is 16.3 Å². The molecular weight excluding hydrogens is 372 g/mol. The smallest absolute Gasteiger partial charge is 0.349 e. The fraction of sp³-hybridized carbons (Fsp3) is 0. The summed E-state index contributed by atoms with van der Waals surface area (Å²) in [6.07, 6.45) is 0. The SMILES string of the molecule is O=C1NC(=O)c2cc(NC(=O)c3cc4c(ccc5ccccc54)oc3=O)ccc21. The Balaban J connectivity index is 1.56. The molecule has 5 rings (SSSR count). The molecule has 1 aromatic heterocycles. The van der Waals surface area contributed by atoms with Crippen LogP contribution in [0.3, 0.4) is 0 Å². The monoisotopic (exact) mass is 384 g/mol. The Morgan fingerprint density at radius 2 is 1.62 bits per heavy atom. The number of imide groups is 1. The second kappa shape index (κ2) is 6.13. The van der Waals surface area contributed by atoms with Crippen LogP contribution in [0.2, 0.25) is 0 Å². The topological polar surface area (TPSA) is 105 Å². The van der Waals surface area contributed by atoms with E-state index in [-0.39, 0.29) is 22.4 Å². The molecule has 0 bridgehead atoms. The van der Waals surface area contributed by atoms with Crippen molar-refractivity contribution in [1.29, 1.82) is 0 Å². The lowest BCUT2D eigenvalue weighted by atomic mass is 10.0. The first kappa shape index (κ1) is 16.9. The van der Waals surface area contributed by atoms with Gasteiger partial charge in [-0.05, 0) is 41.1 Å². The number of anilines is 1. The molecule has 0 aliphatic carbocycles. The number of nitrogens with one attached hydrogen (secondary N) is 2. The number of fused-ring (bicyclic) bond motifs is 4. The van der Waals surface area contributed by atoms with Crippen LogP contribution in [0, 0.1) is 0 Å². The average molecular weight is 384 g/mol. The third kappa shape index (κ3) is 2.68. The molecule has 0 atom stereocenters. The van der Waals surface area contributed by atoms with Crippen molar-refractivity contribution in [2.75, 3.05) is 5.32 Å². The highest BCUT2D eigenvalue weighted by molar-refractivity contribution is 6.22. The molecule has 1 aliphatic rings. The fourth-order valence-electron chi connectivity index (χ4n) is 3.47. The zero-order chi connectivity index (χ0) is 20.1. The molecule has 0 spiro atoms. The minimum absolute atomic E-state index is 0.158. The summed E-state index contributed by atoms with van der Waals surface area (Å²) < 4.78 is 5.34. The summed E-state index contributed by atoms with van der Waals surface area (Å²) >= 11 is 0. The number of carbonyl (C=O) groups excluding carboxylic acids is 3. The maximum atomic E-state index is 12.7. The van der Waals surface area contributed by atoms with Crippen LogP contribution in [0.15, 0.2) is 69.9 Å². The highest BCUT2D eigenvalue weighted by atomic mass is 16.4. The highest BCUT2D eigenvalue weighted by Crippen LogP contribution is 2.25. The minimum atomic E-state index is -0.764. The zero-order valence-corrected chi connectivity index (χ0v) is 14.8. The molecule has 0 radical (unpaired) electrons. The Morgan fingerprint density at radius 1 is 0.828 bits per heavy atom. The van der Waals surface area contributed by atoms with Crippen molar-refractivity contribution in [1.82, 2.24) is 5.32 Å². The van der Waals surface area contributed by atoms with Crippen LogP contribution in [0.25, 0.3) is 21.7 Å². The number of amides is 3. The molecule has 29 heavy (non-hydrogen) atoms. The lowest BCUT2D eigenvalue weighted by Crippen LogP contribution is -2.21. The maximum absolute atomic E-state index is 12.7. The van der Waals surface area contributed by atoms with Gasteiger partial charge in [-0.15, -0.1) is 0 Å². The van der Waals surface area contributed by atoms with E-state index in [0.717, 1.165) is 10.8 Å². The van der Waals surface area contributed by atoms with Gasteiger partial charge in [-0.3, -0.25) is 19.7 Å². The predicted molar refractivity (Wildman–Crippen MR) is 106 cm³/mol. The summed E-state index contributed by atoms with van der Waals surface area (Å²) in [6, 6.07) is 16.9. The number of rotatable bonds is 2. The van der Waals surface area contributed by atoms with E-state index in [2.05, 4.69) is 10.6 Å². The molecule has 2 heterocycles. The van der Waals surface area contributed by atoms with Gasteiger partial charge < -0.3 is 9.73 Å². The van der Waals surface area contributed by atoms with E-state index in [9.17, 15) is 19.2 Å². The fourth-order valence-corrected chi connectivity index (χ4v) is 3.47. The first-order chi connectivity index (χ1) is 14.0. The van der Waals surface area contributed by atoms with Crippen LogP contribution in [0.4, 0.5) is 5.69 Å². The van der Waals surface area contributed by atoms with Crippen molar-refractivity contribution < 1.29 is 18.8 Å². The van der Waals surface area contributed by atoms with Crippen LogP contribution in [-0.2, 0) is 0 Å². The Morgan fingerprint density at radius 3 is 2.48 bits per heavy atom. The largest absolute Gasteiger partial charge is 0.422 e. The molecule has 3 amide bonds. The third-order valence-electron chi connectivity index (χ3n) is 4.88. The van der Waals surface area contributed by atoms with Gasteiger partial charge in [0.2, 0.25) is 0 Å². The highest BCUT2D eigenvalue weighted by Gasteiger charge is 2.27. The van der Waals surface area contributed by atoms with Crippen LogP contribution in [0.5, 0.6) is 0 Å². The molecule has 7 nitrogen and oxygen atoms in total. The summed E-state index contributed by atoms with van der Waals surface area (Å²) in [7, 11) is 0. The third-order valence-corrected chi connectivity index (χ3v) is 4.88. The van der Waals surface area contributed by atoms with Gasteiger partial charge >= 0.3 is 5.63 Å². The van der Waals surface area contributed by atoms with Gasteiger partial charge in [0.05, 0.1) is 11.1 Å². The van der Waals surface area contributed by atoms with Gasteiger partial charge in [-0.1, -0.05) is 30.3 Å². The number of benzene rings is 3. The van der Waals surface area contributed by atoms with Crippen molar-refractivity contribution in [3.05, 3.63) is 87.8 Å². The Kier molecular flexibility index (Phi) is 3.57. The van der Waals surface area contributed by atoms with E-state index in [1.165, 1.54) is 24.3 Å². The first-order valence-electron chi connectivity index (χ1n) is 8.78. The second-order valence-corrected chi connectivity index (χ2v) is 6.64. The van der Waals surface area contributed by atoms with Gasteiger partial charge in [0.25, 0.3) is 17.7 Å². The number of hydrogen-bond donors (Lipinski definition) is 2. The molecule has 140 valence electrons. The summed E-state index contributed by atoms with van der Waals surface area (Å²) in [4.78, 5) is 48.5. The van der Waals surface area contributed by atoms with Gasteiger partial charge in [0, 0.05) is 11.1 Å². The lowest BCUT2D eigenvalue weighted by molar-refractivity contribution is 0.0878. The minimum Gasteiger partial charge on any atom is -0.422 e. The van der Waals surface area contributed by atoms with Crippen molar-refractivity contribution in [2.45, 2.75) is 0 Å². The van der Waals surface area contributed by atoms with Crippen molar-refractivity contribution in [3.8, 4) is 0 Å². The van der Waals surface area contributed by atoms with Crippen molar-refractivity contribution >= 4 is 45.2 Å². The molecule has 7 heteroatoms. The van der Waals surface area contributed by atoms with Crippen molar-refractivity contribution in [2.24, 2.45) is 0 Å². The standard InChI is InChI=1S/C22H12N2O5/c25-19-14-7-6-12(9-16(14)20(26)24-19)23-21(27)17-10-15-13-4-2-1-3-11(13)5-8-18(15)29-22(17)28/h1-10H,(H,23,27)(H,24,25,26). The quantitative estimate of drug-likeness (QED) is 0.314. The van der Waals surface area contributed by atoms with Gasteiger partial charge in [-0.25, -0.2) is 4.79 Å². The number of carbonyl (C=O) groups is 3. The van der Waals surface area contributed by atoms with E-state index in [4.69, 9.17) is 4.42 Å². The van der Waals surface area contributed by atoms with Gasteiger partial charge in [0.1, 0.15) is 11.1 Å². The average Bonchev–Trinajstić information content (AvgIpc) is 3.00. The molecule has 1 aliphatic heterocycles. The van der Waals surface area contributed by atoms with E-state index in [1.807, 2.05) is 30.3 Å². The first-order valence-corrected chi connectivity index (χ1v) is 8.78. The molecular formula is C22H12N2O5. The van der Waals surface area contributed by atoms with Crippen LogP contribution in [0.1, 0.15) is 31.1 Å². The molecule has 0 unspecified atom stereocenters. The second-order valence-electron chi connectivity index (χ2n) is 6.64. The molecule has 2 N–H and O–H groups in total. The normalized spacial score (nSPS) is 12.8. The summed E-state index contributed by atoms with van der Waals surface area (Å²) in [5, 5.41) is 7.23. The number of hydrogen-bond acceptors (Lipinski definition) is 5. The van der Waals surface area contributed by atoms with Crippen LogP contribution >= 0.6 is 0 Å². The van der Waals surface area contributed by atoms with Gasteiger partial charge in [0.15, 0.2) is 0 Å². The predicted octanol–water partition coefficient (Wildman–Crippen LogP) is 3.08. The zero-order valence-electron chi connectivity index (χ0n) is 14.8. The summed E-state index contributed by atoms with van der Waals surface area (Å²) in [5.74, 6) is -1.68. The van der Waals surface area contributed by atoms with E-state index in [1.54, 1.807) is 6.07 Å². The van der Waals surface area contributed by atoms with Crippen LogP contribution in [-0.4, -0.2) is 17.7 Å². The lowest BCUT2D eigenvalue weighted by Gasteiger charge is -2.07. The Labute approximate surface area is 162 Å². The summed E-state index contributed by atoms with van der Waals surface area (Å²) in [6.45, 7) is 0. The van der Waals surface area contributed by atoms with E-state index < -0.39 is 23.3 Å². The Bertz CT molecular complexity index is 1430. The molecule has 0 fully saturated rings. The Hall–Kier alpha value is -4.26. The summed E-state index contributed by atoms with van der Waals surface area (Å²) in [5.41, 5.74) is 0.164. The van der Waals surface area contributed by atoms with Crippen molar-refractivity contribution in [3.63, 3.8) is 0 Å².